The van der Waals surface area contributed by atoms with Crippen LogP contribution in [0.25, 0.3) is 0 Å². The Kier molecular flexibility index (Phi) is 3.10. The molecule has 0 atom stereocenters. The van der Waals surface area contributed by atoms with Crippen molar-refractivity contribution >= 4 is 11.6 Å². The fraction of sp³-hybridized carbons (Fsp3) is 0.333. The summed E-state index contributed by atoms with van der Waals surface area (Å²) >= 11 is 5.23. The number of halogens is 5. The van der Waals surface area contributed by atoms with Crippen molar-refractivity contribution in [2.24, 2.45) is 0 Å². The first-order valence-electron chi connectivity index (χ1n) is 3.24. The summed E-state index contributed by atoms with van der Waals surface area (Å²) in [6.45, 7) is 0. The molecule has 0 amide bonds. The number of hydrogen-bond donors (Lipinski definition) is 0. The second kappa shape index (κ2) is 3.95. The molecule has 0 radical (unpaired) electrons. The molecule has 78 valence electrons. The number of ether oxygens (including phenoxy) is 1. The molecule has 3 nitrogen and oxygen atoms in total. The summed E-state index contributed by atoms with van der Waals surface area (Å²) in [6, 6.07) is 0. The fourth-order valence-corrected chi connectivity index (χ4v) is 0.652. The normalized spacial score (nSPS) is 11.9. The molecule has 0 aromatic carbocycles. The molecular formula is C6H3ClF4N2O. The fourth-order valence-electron chi connectivity index (χ4n) is 0.555. The van der Waals surface area contributed by atoms with Crippen LogP contribution >= 0.6 is 11.6 Å². The second-order valence-corrected chi connectivity index (χ2v) is 2.49. The minimum Gasteiger partial charge on any atom is -0.425 e. The highest BCUT2D eigenvalue weighted by atomic mass is 35.5. The van der Waals surface area contributed by atoms with Gasteiger partial charge in [-0.1, -0.05) is 0 Å². The third kappa shape index (κ3) is 2.69. The van der Waals surface area contributed by atoms with Crippen LogP contribution in [0.3, 0.4) is 0 Å². The maximum atomic E-state index is 12.3. The van der Waals surface area contributed by atoms with Gasteiger partial charge in [-0.3, -0.25) is 0 Å². The Morgan fingerprint density at radius 3 is 2.21 bits per heavy atom. The minimum atomic E-state index is -4.56. The van der Waals surface area contributed by atoms with Crippen molar-refractivity contribution in [3.63, 3.8) is 0 Å². The van der Waals surface area contributed by atoms with Crippen LogP contribution in [0.4, 0.5) is 17.6 Å². The zero-order valence-electron chi connectivity index (χ0n) is 6.42. The SMILES string of the molecule is FC(F)C(F)(F)Oc1cnc(Cl)nc1. The van der Waals surface area contributed by atoms with Crippen molar-refractivity contribution in [3.05, 3.63) is 17.7 Å². The molecule has 1 aromatic heterocycles. The predicted molar refractivity (Wildman–Crippen MR) is 38.6 cm³/mol. The van der Waals surface area contributed by atoms with E-state index in [0.29, 0.717) is 0 Å². The van der Waals surface area contributed by atoms with Gasteiger partial charge in [0, 0.05) is 0 Å². The van der Waals surface area contributed by atoms with Gasteiger partial charge in [0.25, 0.3) is 0 Å². The van der Waals surface area contributed by atoms with Crippen LogP contribution in [0, 0.1) is 0 Å². The molecular weight excluding hydrogens is 228 g/mol. The van der Waals surface area contributed by atoms with E-state index >= 15 is 0 Å². The van der Waals surface area contributed by atoms with Crippen LogP contribution in [0.15, 0.2) is 12.4 Å². The van der Waals surface area contributed by atoms with Gasteiger partial charge in [0.05, 0.1) is 12.4 Å². The molecule has 0 spiro atoms. The van der Waals surface area contributed by atoms with Crippen molar-refractivity contribution in [2.75, 3.05) is 0 Å². The molecule has 0 saturated heterocycles. The van der Waals surface area contributed by atoms with Crippen LogP contribution < -0.4 is 4.74 Å². The van der Waals surface area contributed by atoms with E-state index in [2.05, 4.69) is 14.7 Å². The monoisotopic (exact) mass is 230 g/mol. The quantitative estimate of drug-likeness (QED) is 0.591. The summed E-state index contributed by atoms with van der Waals surface area (Å²) in [4.78, 5) is 6.55. The molecule has 0 bridgehead atoms. The lowest BCUT2D eigenvalue weighted by molar-refractivity contribution is -0.253. The topological polar surface area (TPSA) is 35.0 Å². The Hall–Kier alpha value is -1.11. The first-order chi connectivity index (χ1) is 6.42. The van der Waals surface area contributed by atoms with Gasteiger partial charge < -0.3 is 4.74 Å². The third-order valence-electron chi connectivity index (χ3n) is 1.10. The Morgan fingerprint density at radius 2 is 1.79 bits per heavy atom. The summed E-state index contributed by atoms with van der Waals surface area (Å²) in [7, 11) is 0. The van der Waals surface area contributed by atoms with Gasteiger partial charge in [-0.15, -0.1) is 0 Å². The molecule has 8 heteroatoms. The lowest BCUT2D eigenvalue weighted by Gasteiger charge is -2.15. The van der Waals surface area contributed by atoms with E-state index in [9.17, 15) is 17.6 Å². The lowest BCUT2D eigenvalue weighted by Crippen LogP contribution is -2.33. The average Bonchev–Trinajstić information content (AvgIpc) is 2.08. The van der Waals surface area contributed by atoms with E-state index in [1.807, 2.05) is 0 Å². The minimum absolute atomic E-state index is 0.197. The van der Waals surface area contributed by atoms with Crippen molar-refractivity contribution in [1.82, 2.24) is 9.97 Å². The van der Waals surface area contributed by atoms with E-state index in [1.54, 1.807) is 0 Å². The maximum absolute atomic E-state index is 12.3. The van der Waals surface area contributed by atoms with E-state index < -0.39 is 18.3 Å². The predicted octanol–water partition coefficient (Wildman–Crippen LogP) is 2.37. The van der Waals surface area contributed by atoms with Gasteiger partial charge in [-0.25, -0.2) is 9.97 Å². The van der Waals surface area contributed by atoms with Gasteiger partial charge in [-0.2, -0.15) is 17.6 Å². The van der Waals surface area contributed by atoms with Gasteiger partial charge in [0.1, 0.15) is 0 Å². The van der Waals surface area contributed by atoms with E-state index in [1.165, 1.54) is 0 Å². The Labute approximate surface area is 80.7 Å². The van der Waals surface area contributed by atoms with Crippen LogP contribution in [-0.4, -0.2) is 22.5 Å². The molecule has 14 heavy (non-hydrogen) atoms. The number of nitrogens with zero attached hydrogens (tertiary/aromatic N) is 2. The summed E-state index contributed by atoms with van der Waals surface area (Å²) in [5.41, 5.74) is 0. The molecule has 0 aliphatic rings. The number of aromatic nitrogens is 2. The molecule has 0 saturated carbocycles. The summed E-state index contributed by atoms with van der Waals surface area (Å²) in [6.07, 6.45) is -6.94. The highest BCUT2D eigenvalue weighted by Crippen LogP contribution is 2.26. The number of rotatable bonds is 3. The van der Waals surface area contributed by atoms with Crippen molar-refractivity contribution in [2.45, 2.75) is 12.5 Å². The molecule has 1 aromatic rings. The van der Waals surface area contributed by atoms with E-state index in [0.717, 1.165) is 12.4 Å². The third-order valence-corrected chi connectivity index (χ3v) is 1.30. The zero-order valence-corrected chi connectivity index (χ0v) is 7.18. The first-order valence-corrected chi connectivity index (χ1v) is 3.62. The van der Waals surface area contributed by atoms with Crippen LogP contribution in [0.2, 0.25) is 5.28 Å². The zero-order chi connectivity index (χ0) is 10.8. The summed E-state index contributed by atoms with van der Waals surface area (Å²) in [5.74, 6) is -0.584. The summed E-state index contributed by atoms with van der Waals surface area (Å²) < 4.78 is 51.5. The molecule has 1 rings (SSSR count). The average molecular weight is 231 g/mol. The standard InChI is InChI=1S/C6H3ClF4N2O/c7-5-12-1-3(2-13-5)14-6(10,11)4(8)9/h1-2,4H. The molecule has 0 unspecified atom stereocenters. The Balaban J connectivity index is 2.74. The van der Waals surface area contributed by atoms with Gasteiger partial charge >= 0.3 is 12.5 Å². The first kappa shape index (κ1) is 11.0. The molecule has 0 aliphatic heterocycles. The van der Waals surface area contributed by atoms with E-state index in [-0.39, 0.29) is 5.28 Å². The van der Waals surface area contributed by atoms with Gasteiger partial charge in [0.15, 0.2) is 5.75 Å². The largest absolute Gasteiger partial charge is 0.461 e. The second-order valence-electron chi connectivity index (χ2n) is 2.15. The van der Waals surface area contributed by atoms with Gasteiger partial charge in [-0.05, 0) is 11.6 Å². The molecule has 0 N–H and O–H groups in total. The lowest BCUT2D eigenvalue weighted by atomic mass is 10.6. The molecule has 0 aliphatic carbocycles. The van der Waals surface area contributed by atoms with Crippen LogP contribution in [-0.2, 0) is 0 Å². The Bertz CT molecular complexity index is 305. The maximum Gasteiger partial charge on any atom is 0.461 e. The van der Waals surface area contributed by atoms with Crippen molar-refractivity contribution in [1.29, 1.82) is 0 Å². The van der Waals surface area contributed by atoms with Crippen LogP contribution in [0.5, 0.6) is 5.75 Å². The Morgan fingerprint density at radius 1 is 1.29 bits per heavy atom. The smallest absolute Gasteiger partial charge is 0.425 e. The molecule has 1 heterocycles. The summed E-state index contributed by atoms with van der Waals surface area (Å²) in [5, 5.41) is -0.197. The van der Waals surface area contributed by atoms with Crippen molar-refractivity contribution in [3.8, 4) is 5.75 Å². The van der Waals surface area contributed by atoms with Crippen LogP contribution in [0.1, 0.15) is 0 Å². The number of alkyl halides is 4. The molecule has 0 fully saturated rings. The highest BCUT2D eigenvalue weighted by Gasteiger charge is 2.44. The highest BCUT2D eigenvalue weighted by molar-refractivity contribution is 6.28. The van der Waals surface area contributed by atoms with E-state index in [4.69, 9.17) is 11.6 Å². The van der Waals surface area contributed by atoms with Crippen molar-refractivity contribution < 1.29 is 22.3 Å². The number of hydrogen-bond acceptors (Lipinski definition) is 3. The van der Waals surface area contributed by atoms with Gasteiger partial charge in [0.2, 0.25) is 5.28 Å².